The Morgan fingerprint density at radius 1 is 1.53 bits per heavy atom. The van der Waals surface area contributed by atoms with Gasteiger partial charge in [-0.1, -0.05) is 0 Å². The van der Waals surface area contributed by atoms with E-state index in [4.69, 9.17) is 10.6 Å². The molecule has 1 aliphatic carbocycles. The average Bonchev–Trinajstić information content (AvgIpc) is 3.04. The van der Waals surface area contributed by atoms with E-state index in [2.05, 4.69) is 5.43 Å². The van der Waals surface area contributed by atoms with Gasteiger partial charge in [-0.2, -0.15) is 0 Å². The molecule has 0 radical (unpaired) electrons. The summed E-state index contributed by atoms with van der Waals surface area (Å²) < 4.78 is 18.3. The highest BCUT2D eigenvalue weighted by atomic mass is 19.1. The van der Waals surface area contributed by atoms with Crippen LogP contribution in [0.4, 0.5) is 4.39 Å². The van der Waals surface area contributed by atoms with Crippen molar-refractivity contribution in [2.45, 2.75) is 18.9 Å². The van der Waals surface area contributed by atoms with Crippen LogP contribution in [0.1, 0.15) is 24.4 Å². The van der Waals surface area contributed by atoms with Crippen LogP contribution in [0.15, 0.2) is 18.2 Å². The molecule has 1 saturated carbocycles. The molecule has 4 heteroatoms. The summed E-state index contributed by atoms with van der Waals surface area (Å²) in [5.41, 5.74) is 3.54. The molecule has 1 fully saturated rings. The van der Waals surface area contributed by atoms with Gasteiger partial charge in [-0.25, -0.2) is 4.39 Å². The van der Waals surface area contributed by atoms with Crippen LogP contribution in [0.5, 0.6) is 5.75 Å². The molecule has 82 valence electrons. The summed E-state index contributed by atoms with van der Waals surface area (Å²) in [6.45, 7) is 0. The van der Waals surface area contributed by atoms with Crippen molar-refractivity contribution in [2.24, 2.45) is 11.8 Å². The summed E-state index contributed by atoms with van der Waals surface area (Å²) in [5.74, 6) is 6.43. The van der Waals surface area contributed by atoms with Crippen molar-refractivity contribution in [3.8, 4) is 5.75 Å². The highest BCUT2D eigenvalue weighted by Crippen LogP contribution is 2.43. The van der Waals surface area contributed by atoms with Crippen molar-refractivity contribution in [1.29, 1.82) is 0 Å². The molecule has 1 aromatic carbocycles. The minimum atomic E-state index is -0.258. The summed E-state index contributed by atoms with van der Waals surface area (Å²) in [5, 5.41) is 0. The van der Waals surface area contributed by atoms with E-state index >= 15 is 0 Å². The van der Waals surface area contributed by atoms with Gasteiger partial charge in [-0.05, 0) is 37.0 Å². The molecule has 1 aromatic rings. The number of rotatable bonds is 4. The molecular formula is C11H15FN2O. The maximum atomic E-state index is 13.1. The lowest BCUT2D eigenvalue weighted by Gasteiger charge is -2.18. The molecule has 1 aliphatic rings. The minimum absolute atomic E-state index is 0.00403. The highest BCUT2D eigenvalue weighted by molar-refractivity contribution is 5.37. The topological polar surface area (TPSA) is 47.3 Å². The Morgan fingerprint density at radius 2 is 2.27 bits per heavy atom. The third-order valence-corrected chi connectivity index (χ3v) is 2.80. The van der Waals surface area contributed by atoms with Gasteiger partial charge < -0.3 is 4.74 Å². The van der Waals surface area contributed by atoms with Crippen molar-refractivity contribution >= 4 is 0 Å². The van der Waals surface area contributed by atoms with Crippen LogP contribution < -0.4 is 16.0 Å². The summed E-state index contributed by atoms with van der Waals surface area (Å²) in [7, 11) is 1.58. The Labute approximate surface area is 88.4 Å². The lowest BCUT2D eigenvalue weighted by atomic mass is 10.0. The van der Waals surface area contributed by atoms with Crippen LogP contribution in [0.3, 0.4) is 0 Å². The molecule has 1 atom stereocenters. The van der Waals surface area contributed by atoms with Gasteiger partial charge in [0, 0.05) is 5.56 Å². The molecule has 3 nitrogen and oxygen atoms in total. The quantitative estimate of drug-likeness (QED) is 0.588. The van der Waals surface area contributed by atoms with E-state index in [1.165, 1.54) is 12.1 Å². The number of ether oxygens (including phenoxy) is 1. The smallest absolute Gasteiger partial charge is 0.123 e. The van der Waals surface area contributed by atoms with Gasteiger partial charge in [0.15, 0.2) is 0 Å². The molecular weight excluding hydrogens is 195 g/mol. The predicted octanol–water partition coefficient (Wildman–Crippen LogP) is 1.75. The lowest BCUT2D eigenvalue weighted by Crippen LogP contribution is -2.29. The number of hydrazine groups is 1. The zero-order valence-electron chi connectivity index (χ0n) is 8.66. The van der Waals surface area contributed by atoms with Gasteiger partial charge >= 0.3 is 0 Å². The third-order valence-electron chi connectivity index (χ3n) is 2.80. The van der Waals surface area contributed by atoms with E-state index in [-0.39, 0.29) is 11.9 Å². The second kappa shape index (κ2) is 4.16. The van der Waals surface area contributed by atoms with E-state index in [0.717, 1.165) is 18.4 Å². The van der Waals surface area contributed by atoms with Crippen molar-refractivity contribution in [1.82, 2.24) is 5.43 Å². The Kier molecular flexibility index (Phi) is 2.88. The first-order valence-corrected chi connectivity index (χ1v) is 5.06. The molecule has 0 aromatic heterocycles. The lowest BCUT2D eigenvalue weighted by molar-refractivity contribution is 0.390. The zero-order chi connectivity index (χ0) is 10.8. The minimum Gasteiger partial charge on any atom is -0.496 e. The number of methoxy groups -OCH3 is 1. The van der Waals surface area contributed by atoms with E-state index < -0.39 is 0 Å². The summed E-state index contributed by atoms with van der Waals surface area (Å²) in [4.78, 5) is 0. The Morgan fingerprint density at radius 3 is 2.80 bits per heavy atom. The van der Waals surface area contributed by atoms with Gasteiger partial charge in [-0.15, -0.1) is 0 Å². The van der Waals surface area contributed by atoms with Crippen molar-refractivity contribution < 1.29 is 9.13 Å². The Balaban J connectivity index is 2.34. The first-order chi connectivity index (χ1) is 7.26. The summed E-state index contributed by atoms with van der Waals surface area (Å²) in [6.07, 6.45) is 2.27. The fraction of sp³-hybridized carbons (Fsp3) is 0.455. The summed E-state index contributed by atoms with van der Waals surface area (Å²) in [6, 6.07) is 4.51. The SMILES string of the molecule is COc1ccc(F)cc1C(NN)C1CC1. The predicted molar refractivity (Wildman–Crippen MR) is 55.7 cm³/mol. The Bertz CT molecular complexity index is 352. The van der Waals surface area contributed by atoms with Crippen molar-refractivity contribution in [2.75, 3.05) is 7.11 Å². The van der Waals surface area contributed by atoms with Crippen LogP contribution >= 0.6 is 0 Å². The second-order valence-corrected chi connectivity index (χ2v) is 3.87. The van der Waals surface area contributed by atoms with Crippen LogP contribution in [0, 0.1) is 11.7 Å². The van der Waals surface area contributed by atoms with Crippen LogP contribution in [-0.4, -0.2) is 7.11 Å². The molecule has 2 rings (SSSR count). The normalized spacial score (nSPS) is 17.5. The van der Waals surface area contributed by atoms with E-state index in [0.29, 0.717) is 11.7 Å². The molecule has 0 bridgehead atoms. The maximum Gasteiger partial charge on any atom is 0.123 e. The largest absolute Gasteiger partial charge is 0.496 e. The van der Waals surface area contributed by atoms with Crippen LogP contribution in [0.25, 0.3) is 0 Å². The van der Waals surface area contributed by atoms with Gasteiger partial charge in [0.05, 0.1) is 13.2 Å². The fourth-order valence-corrected chi connectivity index (χ4v) is 1.86. The van der Waals surface area contributed by atoms with Crippen molar-refractivity contribution in [3.63, 3.8) is 0 Å². The van der Waals surface area contributed by atoms with Crippen LogP contribution in [-0.2, 0) is 0 Å². The number of halogens is 1. The van der Waals surface area contributed by atoms with E-state index in [1.54, 1.807) is 13.2 Å². The number of hydrogen-bond donors (Lipinski definition) is 2. The average molecular weight is 210 g/mol. The van der Waals surface area contributed by atoms with Gasteiger partial charge in [0.1, 0.15) is 11.6 Å². The monoisotopic (exact) mass is 210 g/mol. The van der Waals surface area contributed by atoms with Gasteiger partial charge in [-0.3, -0.25) is 11.3 Å². The van der Waals surface area contributed by atoms with E-state index in [1.807, 2.05) is 0 Å². The molecule has 0 spiro atoms. The number of hydrogen-bond acceptors (Lipinski definition) is 3. The first-order valence-electron chi connectivity index (χ1n) is 5.06. The standard InChI is InChI=1S/C11H15FN2O/c1-15-10-5-4-8(12)6-9(10)11(14-13)7-2-3-7/h4-7,11,14H,2-3,13H2,1H3. The van der Waals surface area contributed by atoms with E-state index in [9.17, 15) is 4.39 Å². The molecule has 15 heavy (non-hydrogen) atoms. The van der Waals surface area contributed by atoms with Crippen LogP contribution in [0.2, 0.25) is 0 Å². The maximum absolute atomic E-state index is 13.1. The van der Waals surface area contributed by atoms with Gasteiger partial charge in [0.2, 0.25) is 0 Å². The second-order valence-electron chi connectivity index (χ2n) is 3.87. The molecule has 0 heterocycles. The molecule has 3 N–H and O–H groups in total. The Hall–Kier alpha value is -1.13. The highest BCUT2D eigenvalue weighted by Gasteiger charge is 2.33. The van der Waals surface area contributed by atoms with Crippen molar-refractivity contribution in [3.05, 3.63) is 29.6 Å². The molecule has 0 saturated heterocycles. The fourth-order valence-electron chi connectivity index (χ4n) is 1.86. The molecule has 0 amide bonds. The number of nitrogens with one attached hydrogen (secondary N) is 1. The third kappa shape index (κ3) is 2.11. The summed E-state index contributed by atoms with van der Waals surface area (Å²) >= 11 is 0. The first kappa shape index (κ1) is 10.4. The number of nitrogens with two attached hydrogens (primary N) is 1. The van der Waals surface area contributed by atoms with Gasteiger partial charge in [0.25, 0.3) is 0 Å². The zero-order valence-corrected chi connectivity index (χ0v) is 8.66. The number of benzene rings is 1. The molecule has 1 unspecified atom stereocenters. The molecule has 0 aliphatic heterocycles.